The molecule has 2 aliphatic rings. The molecule has 0 saturated carbocycles. The van der Waals surface area contributed by atoms with E-state index >= 15 is 0 Å². The topological polar surface area (TPSA) is 55.9 Å². The van der Waals surface area contributed by atoms with E-state index in [1.54, 1.807) is 4.90 Å². The van der Waals surface area contributed by atoms with Gasteiger partial charge in [0.2, 0.25) is 11.8 Å². The average Bonchev–Trinajstić information content (AvgIpc) is 2.79. The second kappa shape index (κ2) is 10.5. The average molecular weight is 449 g/mol. The summed E-state index contributed by atoms with van der Waals surface area (Å²) in [5.41, 5.74) is 4.27. The molecule has 1 atom stereocenters. The van der Waals surface area contributed by atoms with Crippen molar-refractivity contribution in [2.24, 2.45) is 5.92 Å². The predicted molar refractivity (Wildman–Crippen MR) is 132 cm³/mol. The van der Waals surface area contributed by atoms with E-state index in [0.717, 1.165) is 49.5 Å². The summed E-state index contributed by atoms with van der Waals surface area (Å²) < 4.78 is 0. The van der Waals surface area contributed by atoms with Crippen LogP contribution in [-0.2, 0) is 29.1 Å². The van der Waals surface area contributed by atoms with Crippen LogP contribution in [0, 0.1) is 5.92 Å². The predicted octanol–water partition coefficient (Wildman–Crippen LogP) is 3.37. The molecule has 6 nitrogen and oxygen atoms in total. The Morgan fingerprint density at radius 3 is 2.45 bits per heavy atom. The van der Waals surface area contributed by atoms with E-state index in [2.05, 4.69) is 46.4 Å². The summed E-state index contributed by atoms with van der Waals surface area (Å²) in [4.78, 5) is 33.0. The minimum atomic E-state index is -0.493. The molecule has 2 aromatic rings. The molecule has 2 amide bonds. The zero-order valence-electron chi connectivity index (χ0n) is 20.1. The Morgan fingerprint density at radius 2 is 1.73 bits per heavy atom. The SMILES string of the molecule is CC(C)CC(=O)N1Cc2ccccc2CC1C(=O)Nc1cccc(CN2CCN(C)CC2)c1. The smallest absolute Gasteiger partial charge is 0.247 e. The first-order valence-corrected chi connectivity index (χ1v) is 12.1. The maximum Gasteiger partial charge on any atom is 0.247 e. The van der Waals surface area contributed by atoms with Crippen molar-refractivity contribution in [1.29, 1.82) is 0 Å². The van der Waals surface area contributed by atoms with Gasteiger partial charge in [-0.15, -0.1) is 0 Å². The van der Waals surface area contributed by atoms with Gasteiger partial charge in [-0.05, 0) is 41.8 Å². The number of amides is 2. The molecule has 33 heavy (non-hydrogen) atoms. The first-order chi connectivity index (χ1) is 15.9. The normalized spacial score (nSPS) is 19.4. The number of hydrogen-bond donors (Lipinski definition) is 1. The molecule has 2 heterocycles. The molecule has 0 radical (unpaired) electrons. The van der Waals surface area contributed by atoms with E-state index < -0.39 is 6.04 Å². The number of rotatable bonds is 6. The molecule has 176 valence electrons. The van der Waals surface area contributed by atoms with Gasteiger partial charge in [0, 0.05) is 57.8 Å². The summed E-state index contributed by atoms with van der Waals surface area (Å²) in [7, 11) is 2.16. The van der Waals surface area contributed by atoms with Gasteiger partial charge in [0.25, 0.3) is 0 Å². The van der Waals surface area contributed by atoms with Crippen molar-refractivity contribution in [2.45, 2.75) is 45.8 Å². The fourth-order valence-electron chi connectivity index (χ4n) is 4.72. The molecule has 6 heteroatoms. The van der Waals surface area contributed by atoms with E-state index in [0.29, 0.717) is 19.4 Å². The number of nitrogens with one attached hydrogen (secondary N) is 1. The van der Waals surface area contributed by atoms with Crippen molar-refractivity contribution < 1.29 is 9.59 Å². The number of carbonyl (C=O) groups excluding carboxylic acids is 2. The van der Waals surface area contributed by atoms with Gasteiger partial charge in [0.05, 0.1) is 0 Å². The van der Waals surface area contributed by atoms with Gasteiger partial charge in [-0.1, -0.05) is 50.2 Å². The summed E-state index contributed by atoms with van der Waals surface area (Å²) in [6.07, 6.45) is 0.999. The third-order valence-electron chi connectivity index (χ3n) is 6.65. The molecule has 1 unspecified atom stereocenters. The minimum Gasteiger partial charge on any atom is -0.326 e. The number of likely N-dealkylation sites (N-methyl/N-ethyl adjacent to an activating group) is 1. The standard InChI is InChI=1S/C27H36N4O2/c1-20(2)15-26(32)31-19-23-9-5-4-8-22(23)17-25(31)27(33)28-24-10-6-7-21(16-24)18-30-13-11-29(3)12-14-30/h4-10,16,20,25H,11-15,17-19H2,1-3H3,(H,28,33). The molecular weight excluding hydrogens is 412 g/mol. The van der Waals surface area contributed by atoms with Crippen molar-refractivity contribution in [3.63, 3.8) is 0 Å². The van der Waals surface area contributed by atoms with Gasteiger partial charge >= 0.3 is 0 Å². The van der Waals surface area contributed by atoms with E-state index in [1.165, 1.54) is 5.56 Å². The van der Waals surface area contributed by atoms with Crippen molar-refractivity contribution in [3.8, 4) is 0 Å². The van der Waals surface area contributed by atoms with E-state index in [9.17, 15) is 9.59 Å². The highest BCUT2D eigenvalue weighted by atomic mass is 16.2. The fourth-order valence-corrected chi connectivity index (χ4v) is 4.72. The molecule has 1 saturated heterocycles. The van der Waals surface area contributed by atoms with Crippen LogP contribution >= 0.6 is 0 Å². The molecular formula is C27H36N4O2. The molecule has 0 bridgehead atoms. The third-order valence-corrected chi connectivity index (χ3v) is 6.65. The lowest BCUT2D eigenvalue weighted by Gasteiger charge is -2.36. The molecule has 1 fully saturated rings. The molecule has 1 N–H and O–H groups in total. The van der Waals surface area contributed by atoms with Gasteiger partial charge < -0.3 is 15.1 Å². The summed E-state index contributed by atoms with van der Waals surface area (Å²) in [5.74, 6) is 0.187. The zero-order valence-corrected chi connectivity index (χ0v) is 20.1. The first-order valence-electron chi connectivity index (χ1n) is 12.1. The van der Waals surface area contributed by atoms with Crippen molar-refractivity contribution in [1.82, 2.24) is 14.7 Å². The maximum absolute atomic E-state index is 13.4. The van der Waals surface area contributed by atoms with Crippen LogP contribution in [0.4, 0.5) is 5.69 Å². The quantitative estimate of drug-likeness (QED) is 0.736. The Balaban J connectivity index is 1.47. The Morgan fingerprint density at radius 1 is 1.00 bits per heavy atom. The number of nitrogens with zero attached hydrogens (tertiary/aromatic N) is 3. The van der Waals surface area contributed by atoms with Crippen LogP contribution in [0.1, 0.15) is 37.0 Å². The second-order valence-corrected chi connectivity index (χ2v) is 9.88. The molecule has 0 aliphatic carbocycles. The Kier molecular flexibility index (Phi) is 7.46. The largest absolute Gasteiger partial charge is 0.326 e. The lowest BCUT2D eigenvalue weighted by atomic mass is 9.92. The van der Waals surface area contributed by atoms with Crippen LogP contribution in [0.2, 0.25) is 0 Å². The highest BCUT2D eigenvalue weighted by Crippen LogP contribution is 2.26. The minimum absolute atomic E-state index is 0.0449. The Bertz CT molecular complexity index is 982. The number of benzene rings is 2. The van der Waals surface area contributed by atoms with Crippen molar-refractivity contribution >= 4 is 17.5 Å². The Labute approximate surface area is 197 Å². The van der Waals surface area contributed by atoms with Gasteiger partial charge in [0.15, 0.2) is 0 Å². The highest BCUT2D eigenvalue weighted by molar-refractivity contribution is 5.97. The van der Waals surface area contributed by atoms with Gasteiger partial charge in [-0.2, -0.15) is 0 Å². The fraction of sp³-hybridized carbons (Fsp3) is 0.481. The summed E-state index contributed by atoms with van der Waals surface area (Å²) in [5, 5.41) is 3.11. The highest BCUT2D eigenvalue weighted by Gasteiger charge is 2.34. The molecule has 4 rings (SSSR count). The van der Waals surface area contributed by atoms with Crippen LogP contribution in [0.25, 0.3) is 0 Å². The number of hydrogen-bond acceptors (Lipinski definition) is 4. The number of piperazine rings is 1. The van der Waals surface area contributed by atoms with E-state index in [4.69, 9.17) is 0 Å². The van der Waals surface area contributed by atoms with Gasteiger partial charge in [-0.25, -0.2) is 0 Å². The number of anilines is 1. The van der Waals surface area contributed by atoms with Crippen LogP contribution in [0.3, 0.4) is 0 Å². The van der Waals surface area contributed by atoms with Gasteiger partial charge in [0.1, 0.15) is 6.04 Å². The van der Waals surface area contributed by atoms with Crippen LogP contribution < -0.4 is 5.32 Å². The number of fused-ring (bicyclic) bond motifs is 1. The van der Waals surface area contributed by atoms with Crippen molar-refractivity contribution in [2.75, 3.05) is 38.5 Å². The third kappa shape index (κ3) is 6.01. The zero-order chi connectivity index (χ0) is 23.4. The van der Waals surface area contributed by atoms with Crippen LogP contribution in [0.5, 0.6) is 0 Å². The number of carbonyl (C=O) groups is 2. The monoisotopic (exact) mass is 448 g/mol. The van der Waals surface area contributed by atoms with Crippen LogP contribution in [-0.4, -0.2) is 65.8 Å². The summed E-state index contributed by atoms with van der Waals surface area (Å²) in [6.45, 7) is 9.73. The van der Waals surface area contributed by atoms with Gasteiger partial charge in [-0.3, -0.25) is 14.5 Å². The molecule has 0 spiro atoms. The second-order valence-electron chi connectivity index (χ2n) is 9.88. The van der Waals surface area contributed by atoms with E-state index in [-0.39, 0.29) is 17.7 Å². The summed E-state index contributed by atoms with van der Waals surface area (Å²) >= 11 is 0. The lowest BCUT2D eigenvalue weighted by Crippen LogP contribution is -2.50. The maximum atomic E-state index is 13.4. The van der Waals surface area contributed by atoms with E-state index in [1.807, 2.05) is 38.1 Å². The van der Waals surface area contributed by atoms with Crippen LogP contribution in [0.15, 0.2) is 48.5 Å². The summed E-state index contributed by atoms with van der Waals surface area (Å²) in [6, 6.07) is 15.7. The molecule has 2 aromatic carbocycles. The Hall–Kier alpha value is -2.70. The first kappa shape index (κ1) is 23.5. The van der Waals surface area contributed by atoms with Crippen molar-refractivity contribution in [3.05, 3.63) is 65.2 Å². The lowest BCUT2D eigenvalue weighted by molar-refractivity contribution is -0.140. The molecule has 0 aromatic heterocycles. The molecule has 2 aliphatic heterocycles.